The van der Waals surface area contributed by atoms with Gasteiger partial charge in [-0.3, -0.25) is 0 Å². The summed E-state index contributed by atoms with van der Waals surface area (Å²) in [5.41, 5.74) is 2.61. The second-order valence-electron chi connectivity index (χ2n) is 5.48. The molecule has 9 heteroatoms. The molecule has 0 aliphatic rings. The summed E-state index contributed by atoms with van der Waals surface area (Å²) >= 11 is 2.68. The van der Waals surface area contributed by atoms with E-state index in [2.05, 4.69) is 14.7 Å². The van der Waals surface area contributed by atoms with E-state index in [1.54, 1.807) is 28.2 Å². The Morgan fingerprint density at radius 1 is 1.26 bits per heavy atom. The van der Waals surface area contributed by atoms with E-state index in [0.29, 0.717) is 33.5 Å². The monoisotopic (exact) mass is 405 g/mol. The van der Waals surface area contributed by atoms with Gasteiger partial charge in [-0.2, -0.15) is 4.37 Å². The Labute approximate surface area is 165 Å². The van der Waals surface area contributed by atoms with Crippen LogP contribution >= 0.6 is 22.9 Å². The molecule has 0 saturated carbocycles. The van der Waals surface area contributed by atoms with Gasteiger partial charge in [-0.25, -0.2) is 9.78 Å². The standard InChI is InChI=1S/C18H19N3O4S2/c1-10-14(17(19-2)27-21-10)18(22)25-8-11-9-26-16(20-11)12-6-5-7-13(23-3)15(12)24-4/h5-7,9,19H,8H2,1-4H3. The molecule has 0 fully saturated rings. The van der Waals surface area contributed by atoms with Crippen molar-refractivity contribution < 1.29 is 19.0 Å². The van der Waals surface area contributed by atoms with Gasteiger partial charge in [-0.15, -0.1) is 11.3 Å². The van der Waals surface area contributed by atoms with Crippen LogP contribution in [0.1, 0.15) is 21.7 Å². The van der Waals surface area contributed by atoms with Gasteiger partial charge in [0.1, 0.15) is 22.2 Å². The highest BCUT2D eigenvalue weighted by Crippen LogP contribution is 2.39. The molecular weight excluding hydrogens is 386 g/mol. The summed E-state index contributed by atoms with van der Waals surface area (Å²) in [5.74, 6) is 0.842. The SMILES string of the molecule is CNc1snc(C)c1C(=O)OCc1csc(-c2cccc(OC)c2OC)n1. The first-order valence-electron chi connectivity index (χ1n) is 8.06. The van der Waals surface area contributed by atoms with Gasteiger partial charge in [0.05, 0.1) is 31.2 Å². The van der Waals surface area contributed by atoms with E-state index in [4.69, 9.17) is 14.2 Å². The lowest BCUT2D eigenvalue weighted by atomic mass is 10.2. The summed E-state index contributed by atoms with van der Waals surface area (Å²) < 4.78 is 20.4. The zero-order valence-corrected chi connectivity index (χ0v) is 17.0. The van der Waals surface area contributed by atoms with Crippen molar-refractivity contribution >= 4 is 33.8 Å². The normalized spacial score (nSPS) is 10.5. The average molecular weight is 406 g/mol. The molecule has 0 aliphatic carbocycles. The van der Waals surface area contributed by atoms with Crippen LogP contribution in [0, 0.1) is 6.92 Å². The highest BCUT2D eigenvalue weighted by molar-refractivity contribution is 7.13. The number of ether oxygens (including phenoxy) is 3. The zero-order chi connectivity index (χ0) is 19.4. The molecule has 0 bridgehead atoms. The second kappa shape index (κ2) is 8.36. The maximum absolute atomic E-state index is 12.4. The number of carbonyl (C=O) groups is 1. The van der Waals surface area contributed by atoms with E-state index in [-0.39, 0.29) is 6.61 Å². The molecule has 0 unspecified atom stereocenters. The lowest BCUT2D eigenvalue weighted by Gasteiger charge is -2.10. The number of aryl methyl sites for hydroxylation is 1. The molecule has 0 spiro atoms. The predicted octanol–water partition coefficient (Wildman–Crippen LogP) is 3.99. The maximum Gasteiger partial charge on any atom is 0.343 e. The fourth-order valence-electron chi connectivity index (χ4n) is 2.54. The van der Waals surface area contributed by atoms with Gasteiger partial charge in [-0.1, -0.05) is 6.07 Å². The molecule has 0 atom stereocenters. The van der Waals surface area contributed by atoms with Crippen LogP contribution in [-0.2, 0) is 11.3 Å². The number of aromatic nitrogens is 2. The van der Waals surface area contributed by atoms with Crippen LogP contribution in [0.4, 0.5) is 5.00 Å². The molecule has 2 heterocycles. The van der Waals surface area contributed by atoms with Gasteiger partial charge in [0.2, 0.25) is 0 Å². The van der Waals surface area contributed by atoms with Gasteiger partial charge in [0.15, 0.2) is 11.5 Å². The number of carbonyl (C=O) groups excluding carboxylic acids is 1. The number of nitrogens with one attached hydrogen (secondary N) is 1. The third kappa shape index (κ3) is 3.88. The van der Waals surface area contributed by atoms with Gasteiger partial charge in [-0.05, 0) is 30.6 Å². The first-order valence-corrected chi connectivity index (χ1v) is 9.71. The average Bonchev–Trinajstić information content (AvgIpc) is 3.31. The number of hydrogen-bond acceptors (Lipinski definition) is 9. The van der Waals surface area contributed by atoms with Crippen molar-refractivity contribution in [2.45, 2.75) is 13.5 Å². The van der Waals surface area contributed by atoms with E-state index in [1.165, 1.54) is 22.9 Å². The van der Waals surface area contributed by atoms with E-state index in [1.807, 2.05) is 23.6 Å². The molecule has 0 amide bonds. The van der Waals surface area contributed by atoms with Crippen LogP contribution in [0.2, 0.25) is 0 Å². The molecule has 0 aliphatic heterocycles. The largest absolute Gasteiger partial charge is 0.493 e. The van der Waals surface area contributed by atoms with Crippen molar-refractivity contribution in [2.24, 2.45) is 0 Å². The molecule has 3 aromatic rings. The molecule has 0 saturated heterocycles. The first kappa shape index (κ1) is 19.1. The van der Waals surface area contributed by atoms with Gasteiger partial charge < -0.3 is 19.5 Å². The van der Waals surface area contributed by atoms with Crippen LogP contribution in [0.3, 0.4) is 0 Å². The summed E-state index contributed by atoms with van der Waals surface area (Å²) in [6.45, 7) is 1.87. The smallest absolute Gasteiger partial charge is 0.343 e. The van der Waals surface area contributed by atoms with Crippen molar-refractivity contribution in [1.82, 2.24) is 9.36 Å². The lowest BCUT2D eigenvalue weighted by Crippen LogP contribution is -2.08. The molecule has 7 nitrogen and oxygen atoms in total. The predicted molar refractivity (Wildman–Crippen MR) is 106 cm³/mol. The molecule has 27 heavy (non-hydrogen) atoms. The highest BCUT2D eigenvalue weighted by Gasteiger charge is 2.20. The van der Waals surface area contributed by atoms with Crippen LogP contribution in [-0.4, -0.2) is 36.6 Å². The second-order valence-corrected chi connectivity index (χ2v) is 7.11. The number of esters is 1. The van der Waals surface area contributed by atoms with Crippen LogP contribution in [0.25, 0.3) is 10.6 Å². The van der Waals surface area contributed by atoms with E-state index in [0.717, 1.165) is 10.6 Å². The number of hydrogen-bond donors (Lipinski definition) is 1. The summed E-state index contributed by atoms with van der Waals surface area (Å²) in [4.78, 5) is 16.9. The topological polar surface area (TPSA) is 82.6 Å². The summed E-state index contributed by atoms with van der Waals surface area (Å²) in [6.07, 6.45) is 0. The van der Waals surface area contributed by atoms with Crippen LogP contribution in [0.15, 0.2) is 23.6 Å². The summed E-state index contributed by atoms with van der Waals surface area (Å²) in [6, 6.07) is 5.62. The minimum atomic E-state index is -0.417. The number of para-hydroxylation sites is 1. The number of anilines is 1. The van der Waals surface area contributed by atoms with Crippen molar-refractivity contribution in [3.05, 3.63) is 40.5 Å². The van der Waals surface area contributed by atoms with Gasteiger partial charge >= 0.3 is 5.97 Å². The molecular formula is C18H19N3O4S2. The van der Waals surface area contributed by atoms with E-state index in [9.17, 15) is 4.79 Å². The Morgan fingerprint density at radius 2 is 2.07 bits per heavy atom. The molecule has 2 aromatic heterocycles. The molecule has 142 valence electrons. The van der Waals surface area contributed by atoms with E-state index < -0.39 is 5.97 Å². The molecule has 0 radical (unpaired) electrons. The fraction of sp³-hybridized carbons (Fsp3) is 0.278. The fourth-order valence-corrected chi connectivity index (χ4v) is 4.10. The van der Waals surface area contributed by atoms with Gasteiger partial charge in [0.25, 0.3) is 0 Å². The van der Waals surface area contributed by atoms with E-state index >= 15 is 0 Å². The van der Waals surface area contributed by atoms with Gasteiger partial charge in [0, 0.05) is 12.4 Å². The summed E-state index contributed by atoms with van der Waals surface area (Å²) in [5, 5.41) is 6.28. The number of nitrogens with zero attached hydrogens (tertiary/aromatic N) is 2. The lowest BCUT2D eigenvalue weighted by molar-refractivity contribution is 0.0469. The van der Waals surface area contributed by atoms with Crippen molar-refractivity contribution in [1.29, 1.82) is 0 Å². The maximum atomic E-state index is 12.4. The number of rotatable bonds is 7. The molecule has 1 aromatic carbocycles. The Bertz CT molecular complexity index is 952. The Kier molecular flexibility index (Phi) is 5.92. The first-order chi connectivity index (χ1) is 13.1. The quantitative estimate of drug-likeness (QED) is 0.595. The highest BCUT2D eigenvalue weighted by atomic mass is 32.1. The Hall–Kier alpha value is -2.65. The third-order valence-electron chi connectivity index (χ3n) is 3.83. The number of thiazole rings is 1. The minimum Gasteiger partial charge on any atom is -0.493 e. The Morgan fingerprint density at radius 3 is 2.78 bits per heavy atom. The number of methoxy groups -OCH3 is 2. The van der Waals surface area contributed by atoms with Crippen molar-refractivity contribution in [2.75, 3.05) is 26.6 Å². The number of benzene rings is 1. The third-order valence-corrected chi connectivity index (χ3v) is 5.71. The van der Waals surface area contributed by atoms with Crippen molar-refractivity contribution in [3.63, 3.8) is 0 Å². The molecule has 1 N–H and O–H groups in total. The van der Waals surface area contributed by atoms with Crippen LogP contribution < -0.4 is 14.8 Å². The summed E-state index contributed by atoms with van der Waals surface area (Å²) in [7, 11) is 4.93. The Balaban J connectivity index is 1.76. The molecule has 3 rings (SSSR count). The van der Waals surface area contributed by atoms with Crippen LogP contribution in [0.5, 0.6) is 11.5 Å². The van der Waals surface area contributed by atoms with Crippen molar-refractivity contribution in [3.8, 4) is 22.1 Å². The zero-order valence-electron chi connectivity index (χ0n) is 15.4. The minimum absolute atomic E-state index is 0.0834.